The van der Waals surface area contributed by atoms with Gasteiger partial charge in [0.05, 0.1) is 6.54 Å². The summed E-state index contributed by atoms with van der Waals surface area (Å²) in [6.07, 6.45) is 0. The Bertz CT molecular complexity index is 484. The van der Waals surface area contributed by atoms with Gasteiger partial charge in [0.15, 0.2) is 0 Å². The number of carbonyl (C=O) groups excluding carboxylic acids is 2. The lowest BCUT2D eigenvalue weighted by Crippen LogP contribution is -2.50. The number of likely N-dealkylation sites (N-methyl/N-ethyl adjacent to an activating group) is 1. The van der Waals surface area contributed by atoms with Crippen molar-refractivity contribution in [2.75, 3.05) is 45.5 Å². The summed E-state index contributed by atoms with van der Waals surface area (Å²) < 4.78 is 0. The number of nitrogens with two attached hydrogens (primary N) is 1. The Morgan fingerprint density at radius 1 is 1.14 bits per heavy atom. The Hall–Kier alpha value is -1.79. The van der Waals surface area contributed by atoms with E-state index in [2.05, 4.69) is 5.32 Å². The van der Waals surface area contributed by atoms with Gasteiger partial charge in [-0.15, -0.1) is 12.4 Å². The Labute approximate surface area is 130 Å². The van der Waals surface area contributed by atoms with Gasteiger partial charge in [-0.2, -0.15) is 0 Å². The predicted molar refractivity (Wildman–Crippen MR) is 84.5 cm³/mol. The SMILES string of the molecule is CNC(=O)CN1CCN(C(=O)c2ccc(N)cc2)CC1.Cl. The summed E-state index contributed by atoms with van der Waals surface area (Å²) in [6.45, 7) is 3.10. The summed E-state index contributed by atoms with van der Waals surface area (Å²) in [5.74, 6) is 0.0212. The van der Waals surface area contributed by atoms with Crippen molar-refractivity contribution in [1.29, 1.82) is 0 Å². The van der Waals surface area contributed by atoms with Crippen LogP contribution in [0.5, 0.6) is 0 Å². The first kappa shape index (κ1) is 17.3. The lowest BCUT2D eigenvalue weighted by atomic mass is 10.1. The number of hydrogen-bond acceptors (Lipinski definition) is 4. The molecule has 0 saturated carbocycles. The van der Waals surface area contributed by atoms with Crippen LogP contribution < -0.4 is 11.1 Å². The third-order valence-electron chi connectivity index (χ3n) is 3.46. The zero-order valence-electron chi connectivity index (χ0n) is 12.0. The third kappa shape index (κ3) is 4.61. The number of rotatable bonds is 3. The predicted octanol–water partition coefficient (Wildman–Crippen LogP) is 0.194. The van der Waals surface area contributed by atoms with Crippen LogP contribution in [-0.2, 0) is 4.79 Å². The quantitative estimate of drug-likeness (QED) is 0.781. The second kappa shape index (κ2) is 7.85. The van der Waals surface area contributed by atoms with Crippen LogP contribution in [0.4, 0.5) is 5.69 Å². The van der Waals surface area contributed by atoms with Crippen molar-refractivity contribution in [1.82, 2.24) is 15.1 Å². The van der Waals surface area contributed by atoms with Crippen molar-refractivity contribution in [3.05, 3.63) is 29.8 Å². The van der Waals surface area contributed by atoms with E-state index in [1.54, 1.807) is 31.3 Å². The number of nitrogen functional groups attached to an aromatic ring is 1. The van der Waals surface area contributed by atoms with E-state index in [1.165, 1.54) is 0 Å². The Morgan fingerprint density at radius 2 is 1.71 bits per heavy atom. The Balaban J connectivity index is 0.00000220. The van der Waals surface area contributed by atoms with Crippen LogP contribution in [0.3, 0.4) is 0 Å². The molecule has 0 aromatic heterocycles. The maximum absolute atomic E-state index is 12.3. The number of nitrogens with one attached hydrogen (secondary N) is 1. The minimum atomic E-state index is 0. The van der Waals surface area contributed by atoms with Crippen molar-refractivity contribution in [2.24, 2.45) is 0 Å². The lowest BCUT2D eigenvalue weighted by molar-refractivity contribution is -0.122. The maximum atomic E-state index is 12.3. The van der Waals surface area contributed by atoms with Crippen molar-refractivity contribution in [2.45, 2.75) is 0 Å². The van der Waals surface area contributed by atoms with Crippen LogP contribution >= 0.6 is 12.4 Å². The fourth-order valence-corrected chi connectivity index (χ4v) is 2.20. The molecule has 0 spiro atoms. The smallest absolute Gasteiger partial charge is 0.253 e. The van der Waals surface area contributed by atoms with Gasteiger partial charge in [0.1, 0.15) is 0 Å². The summed E-state index contributed by atoms with van der Waals surface area (Å²) in [5.41, 5.74) is 6.92. The van der Waals surface area contributed by atoms with Crippen LogP contribution in [0.15, 0.2) is 24.3 Å². The van der Waals surface area contributed by atoms with Crippen LogP contribution in [0.2, 0.25) is 0 Å². The molecule has 0 unspecified atom stereocenters. The van der Waals surface area contributed by atoms with E-state index in [0.717, 1.165) is 0 Å². The number of anilines is 1. The largest absolute Gasteiger partial charge is 0.399 e. The highest BCUT2D eigenvalue weighted by molar-refractivity contribution is 5.94. The molecule has 1 aliphatic rings. The molecule has 0 aliphatic carbocycles. The highest BCUT2D eigenvalue weighted by atomic mass is 35.5. The van der Waals surface area contributed by atoms with Gasteiger partial charge in [-0.05, 0) is 24.3 Å². The van der Waals surface area contributed by atoms with Gasteiger partial charge in [-0.3, -0.25) is 14.5 Å². The first-order valence-corrected chi connectivity index (χ1v) is 6.68. The Kier molecular flexibility index (Phi) is 6.45. The van der Waals surface area contributed by atoms with E-state index in [1.807, 2.05) is 9.80 Å². The van der Waals surface area contributed by atoms with Crippen LogP contribution in [0.1, 0.15) is 10.4 Å². The van der Waals surface area contributed by atoms with E-state index >= 15 is 0 Å². The Morgan fingerprint density at radius 3 is 2.24 bits per heavy atom. The number of hydrogen-bond donors (Lipinski definition) is 2. The molecule has 0 atom stereocenters. The highest BCUT2D eigenvalue weighted by Gasteiger charge is 2.22. The average Bonchev–Trinajstić information content (AvgIpc) is 2.48. The van der Waals surface area contributed by atoms with Crippen molar-refractivity contribution >= 4 is 29.9 Å². The van der Waals surface area contributed by atoms with Gasteiger partial charge in [0.2, 0.25) is 5.91 Å². The molecular weight excluding hydrogens is 292 g/mol. The molecule has 0 bridgehead atoms. The highest BCUT2D eigenvalue weighted by Crippen LogP contribution is 2.11. The summed E-state index contributed by atoms with van der Waals surface area (Å²) in [7, 11) is 1.63. The number of benzene rings is 1. The zero-order chi connectivity index (χ0) is 14.5. The minimum absolute atomic E-state index is 0. The van der Waals surface area contributed by atoms with Crippen molar-refractivity contribution < 1.29 is 9.59 Å². The molecule has 1 aromatic carbocycles. The first-order valence-electron chi connectivity index (χ1n) is 6.68. The molecule has 1 aromatic rings. The van der Waals surface area contributed by atoms with Crippen molar-refractivity contribution in [3.8, 4) is 0 Å². The molecule has 2 amide bonds. The number of carbonyl (C=O) groups is 2. The fourth-order valence-electron chi connectivity index (χ4n) is 2.20. The monoisotopic (exact) mass is 312 g/mol. The molecule has 1 saturated heterocycles. The number of piperazine rings is 1. The molecule has 3 N–H and O–H groups in total. The molecule has 116 valence electrons. The topological polar surface area (TPSA) is 78.7 Å². The van der Waals surface area contributed by atoms with Crippen LogP contribution in [0, 0.1) is 0 Å². The lowest BCUT2D eigenvalue weighted by Gasteiger charge is -2.34. The second-order valence-corrected chi connectivity index (χ2v) is 4.86. The molecule has 2 rings (SSSR count). The molecular formula is C14H21ClN4O2. The van der Waals surface area contributed by atoms with Gasteiger partial charge in [0.25, 0.3) is 5.91 Å². The molecule has 1 heterocycles. The van der Waals surface area contributed by atoms with Gasteiger partial charge in [-0.1, -0.05) is 0 Å². The van der Waals surface area contributed by atoms with Crippen LogP contribution in [0.25, 0.3) is 0 Å². The van der Waals surface area contributed by atoms with Gasteiger partial charge in [-0.25, -0.2) is 0 Å². The summed E-state index contributed by atoms with van der Waals surface area (Å²) in [6, 6.07) is 6.95. The molecule has 0 radical (unpaired) electrons. The number of amides is 2. The normalized spacial score (nSPS) is 15.2. The van der Waals surface area contributed by atoms with Gasteiger partial charge >= 0.3 is 0 Å². The standard InChI is InChI=1S/C14H20N4O2.ClH/c1-16-13(19)10-17-6-8-18(9-7-17)14(20)11-2-4-12(15)5-3-11;/h2-5H,6-10,15H2,1H3,(H,16,19);1H. The summed E-state index contributed by atoms with van der Waals surface area (Å²) >= 11 is 0. The minimum Gasteiger partial charge on any atom is -0.399 e. The van der Waals surface area contributed by atoms with E-state index in [4.69, 9.17) is 5.73 Å². The van der Waals surface area contributed by atoms with E-state index < -0.39 is 0 Å². The van der Waals surface area contributed by atoms with E-state index in [0.29, 0.717) is 44.0 Å². The molecule has 6 nitrogen and oxygen atoms in total. The average molecular weight is 313 g/mol. The number of halogens is 1. The van der Waals surface area contributed by atoms with E-state index in [-0.39, 0.29) is 24.2 Å². The molecule has 1 aliphatic heterocycles. The van der Waals surface area contributed by atoms with Gasteiger partial charge < -0.3 is 16.0 Å². The van der Waals surface area contributed by atoms with Crippen molar-refractivity contribution in [3.63, 3.8) is 0 Å². The zero-order valence-corrected chi connectivity index (χ0v) is 12.9. The fraction of sp³-hybridized carbons (Fsp3) is 0.429. The molecule has 7 heteroatoms. The van der Waals surface area contributed by atoms with Crippen LogP contribution in [-0.4, -0.2) is 61.4 Å². The molecule has 21 heavy (non-hydrogen) atoms. The van der Waals surface area contributed by atoms with Gasteiger partial charge in [0, 0.05) is 44.5 Å². The maximum Gasteiger partial charge on any atom is 0.253 e. The second-order valence-electron chi connectivity index (χ2n) is 4.86. The first-order chi connectivity index (χ1) is 9.60. The van der Waals surface area contributed by atoms with E-state index in [9.17, 15) is 9.59 Å². The summed E-state index contributed by atoms with van der Waals surface area (Å²) in [5, 5.41) is 2.60. The molecule has 1 fully saturated rings. The third-order valence-corrected chi connectivity index (χ3v) is 3.46. The summed E-state index contributed by atoms with van der Waals surface area (Å²) in [4.78, 5) is 27.4. The number of nitrogens with zero attached hydrogens (tertiary/aromatic N) is 2.